The van der Waals surface area contributed by atoms with Crippen LogP contribution in [0.25, 0.3) is 27.7 Å². The summed E-state index contributed by atoms with van der Waals surface area (Å²) in [7, 11) is 0. The molecule has 0 saturated heterocycles. The summed E-state index contributed by atoms with van der Waals surface area (Å²) in [5, 5.41) is 14.8. The Kier molecular flexibility index (Phi) is 4.97. The van der Waals surface area contributed by atoms with E-state index in [9.17, 15) is 9.18 Å². The number of hydrogen-bond acceptors (Lipinski definition) is 7. The highest BCUT2D eigenvalue weighted by Crippen LogP contribution is 2.38. The highest BCUT2D eigenvalue weighted by atomic mass is 19.1. The molecule has 3 aromatic heterocycles. The van der Waals surface area contributed by atoms with Gasteiger partial charge in [-0.3, -0.25) is 29.8 Å². The van der Waals surface area contributed by atoms with Crippen LogP contribution in [0, 0.1) is 11.7 Å². The van der Waals surface area contributed by atoms with Crippen LogP contribution in [0.15, 0.2) is 71.2 Å². The standard InChI is InChI=1S/C28H23FN8O/c1-28-20(18-4-2-3-5-21(18)29)12-31-14-24(28)34-26(35-28)25-19-9-22(32-13-23(19)36-37-25)16-8-17(11-30-10-16)33-27(38)15-6-7-15/h2-5,8-15,24H,6-7H2,1H3,(H,33,38)(H,34,35)(H,36,37). The van der Waals surface area contributed by atoms with Crippen molar-refractivity contribution in [2.75, 3.05) is 5.32 Å². The van der Waals surface area contributed by atoms with Gasteiger partial charge in [0.2, 0.25) is 5.91 Å². The predicted octanol–water partition coefficient (Wildman–Crippen LogP) is 4.11. The Morgan fingerprint density at radius 3 is 2.87 bits per heavy atom. The molecule has 1 aliphatic carbocycles. The fourth-order valence-corrected chi connectivity index (χ4v) is 5.01. The van der Waals surface area contributed by atoms with Crippen LogP contribution in [0.2, 0.25) is 0 Å². The number of carbonyl (C=O) groups excluding carboxylic acids is 1. The molecule has 188 valence electrons. The molecule has 2 unspecified atom stereocenters. The molecular formula is C28H23FN8O. The quantitative estimate of drug-likeness (QED) is 0.376. The Bertz CT molecular complexity index is 1700. The number of H-pyrrole nitrogens is 1. The van der Waals surface area contributed by atoms with Gasteiger partial charge in [0, 0.05) is 46.6 Å². The molecule has 0 bridgehead atoms. The van der Waals surface area contributed by atoms with E-state index in [4.69, 9.17) is 4.99 Å². The van der Waals surface area contributed by atoms with Gasteiger partial charge < -0.3 is 10.6 Å². The summed E-state index contributed by atoms with van der Waals surface area (Å²) in [5.74, 6) is 0.402. The highest BCUT2D eigenvalue weighted by Gasteiger charge is 2.46. The van der Waals surface area contributed by atoms with Gasteiger partial charge in [-0.05, 0) is 38.0 Å². The molecule has 10 heteroatoms. The summed E-state index contributed by atoms with van der Waals surface area (Å²) in [5.41, 5.74) is 3.99. The van der Waals surface area contributed by atoms with Crippen LogP contribution in [0.3, 0.4) is 0 Å². The van der Waals surface area contributed by atoms with Gasteiger partial charge in [-0.25, -0.2) is 4.39 Å². The number of carbonyl (C=O) groups is 1. The molecule has 1 fully saturated rings. The summed E-state index contributed by atoms with van der Waals surface area (Å²) in [6, 6.07) is 10.1. The highest BCUT2D eigenvalue weighted by molar-refractivity contribution is 6.12. The molecule has 4 aromatic rings. The third-order valence-electron chi connectivity index (χ3n) is 7.31. The molecule has 3 N–H and O–H groups in total. The minimum atomic E-state index is -0.696. The number of amidine groups is 1. The average molecular weight is 507 g/mol. The number of nitrogens with one attached hydrogen (secondary N) is 3. The first-order valence-electron chi connectivity index (χ1n) is 12.5. The number of pyridine rings is 2. The van der Waals surface area contributed by atoms with E-state index >= 15 is 0 Å². The van der Waals surface area contributed by atoms with Gasteiger partial charge in [0.05, 0.1) is 34.8 Å². The number of anilines is 1. The second-order valence-electron chi connectivity index (χ2n) is 9.98. The van der Waals surface area contributed by atoms with Gasteiger partial charge in [-0.1, -0.05) is 18.2 Å². The van der Waals surface area contributed by atoms with Crippen molar-refractivity contribution in [3.05, 3.63) is 78.3 Å². The van der Waals surface area contributed by atoms with E-state index in [0.29, 0.717) is 28.5 Å². The monoisotopic (exact) mass is 506 g/mol. The lowest BCUT2D eigenvalue weighted by Crippen LogP contribution is -2.50. The molecule has 1 saturated carbocycles. The maximum atomic E-state index is 14.7. The number of rotatable bonds is 5. The summed E-state index contributed by atoms with van der Waals surface area (Å²) >= 11 is 0. The molecule has 0 radical (unpaired) electrons. The van der Waals surface area contributed by atoms with Gasteiger partial charge in [0.15, 0.2) is 5.84 Å². The summed E-state index contributed by atoms with van der Waals surface area (Å²) in [6.45, 7) is 1.99. The van der Waals surface area contributed by atoms with Gasteiger partial charge >= 0.3 is 0 Å². The van der Waals surface area contributed by atoms with Crippen molar-refractivity contribution in [2.24, 2.45) is 15.9 Å². The van der Waals surface area contributed by atoms with Crippen LogP contribution in [0.5, 0.6) is 0 Å². The zero-order valence-electron chi connectivity index (χ0n) is 20.4. The minimum absolute atomic E-state index is 0.0251. The third kappa shape index (κ3) is 3.68. The number of halogens is 1. The average Bonchev–Trinajstić information content (AvgIpc) is 3.60. The van der Waals surface area contributed by atoms with Crippen LogP contribution < -0.4 is 10.6 Å². The van der Waals surface area contributed by atoms with Crippen molar-refractivity contribution in [3.8, 4) is 11.3 Å². The van der Waals surface area contributed by atoms with Gasteiger partial charge in [0.1, 0.15) is 17.6 Å². The number of aromatic nitrogens is 4. The first kappa shape index (κ1) is 22.5. The Hall–Kier alpha value is -4.73. The lowest BCUT2D eigenvalue weighted by atomic mass is 9.81. The van der Waals surface area contributed by atoms with E-state index in [1.807, 2.05) is 25.1 Å². The smallest absolute Gasteiger partial charge is 0.227 e. The molecule has 9 nitrogen and oxygen atoms in total. The van der Waals surface area contributed by atoms with Crippen molar-refractivity contribution in [1.82, 2.24) is 25.5 Å². The SMILES string of the molecule is CC12NC(c3n[nH]c4cnc(-c5cncc(NC(=O)C6CC6)c5)cc34)=NC1C=NC=C2c1ccccc1F. The minimum Gasteiger partial charge on any atom is -0.357 e. The number of amides is 1. The van der Waals surface area contributed by atoms with E-state index in [2.05, 4.69) is 35.8 Å². The maximum absolute atomic E-state index is 14.7. The fraction of sp³-hybridized carbons (Fsp3) is 0.214. The van der Waals surface area contributed by atoms with Gasteiger partial charge in [-0.15, -0.1) is 0 Å². The molecule has 2 aliphatic heterocycles. The maximum Gasteiger partial charge on any atom is 0.227 e. The molecule has 1 amide bonds. The molecule has 5 heterocycles. The first-order valence-corrected chi connectivity index (χ1v) is 12.5. The topological polar surface area (TPSA) is 120 Å². The molecule has 1 aromatic carbocycles. The molecule has 7 rings (SSSR count). The summed E-state index contributed by atoms with van der Waals surface area (Å²) < 4.78 is 14.7. The Balaban J connectivity index is 1.22. The van der Waals surface area contributed by atoms with Crippen molar-refractivity contribution in [1.29, 1.82) is 0 Å². The van der Waals surface area contributed by atoms with Crippen LogP contribution in [0.4, 0.5) is 10.1 Å². The van der Waals surface area contributed by atoms with Crippen LogP contribution in [-0.4, -0.2) is 49.7 Å². The largest absolute Gasteiger partial charge is 0.357 e. The van der Waals surface area contributed by atoms with Crippen LogP contribution in [0.1, 0.15) is 31.0 Å². The second kappa shape index (κ2) is 8.41. The van der Waals surface area contributed by atoms with Crippen LogP contribution in [-0.2, 0) is 4.79 Å². The third-order valence-corrected chi connectivity index (χ3v) is 7.31. The molecular weight excluding hydrogens is 483 g/mol. The molecule has 38 heavy (non-hydrogen) atoms. The number of nitrogens with zero attached hydrogens (tertiary/aromatic N) is 5. The lowest BCUT2D eigenvalue weighted by Gasteiger charge is -2.34. The van der Waals surface area contributed by atoms with E-state index in [1.54, 1.807) is 43.1 Å². The Labute approximate surface area is 217 Å². The summed E-state index contributed by atoms with van der Waals surface area (Å²) in [6.07, 6.45) is 10.4. The molecule has 2 atom stereocenters. The number of hydrogen-bond donors (Lipinski definition) is 3. The van der Waals surface area contributed by atoms with Crippen molar-refractivity contribution >= 4 is 40.1 Å². The molecule has 3 aliphatic rings. The Morgan fingerprint density at radius 1 is 1.16 bits per heavy atom. The van der Waals surface area contributed by atoms with E-state index in [-0.39, 0.29) is 23.7 Å². The van der Waals surface area contributed by atoms with Gasteiger partial charge in [-0.2, -0.15) is 5.10 Å². The van der Waals surface area contributed by atoms with Crippen molar-refractivity contribution in [2.45, 2.75) is 31.3 Å². The number of fused-ring (bicyclic) bond motifs is 2. The zero-order chi connectivity index (χ0) is 25.9. The lowest BCUT2D eigenvalue weighted by molar-refractivity contribution is -0.117. The number of benzene rings is 1. The van der Waals surface area contributed by atoms with E-state index in [1.165, 1.54) is 6.07 Å². The summed E-state index contributed by atoms with van der Waals surface area (Å²) in [4.78, 5) is 30.3. The van der Waals surface area contributed by atoms with Gasteiger partial charge in [0.25, 0.3) is 0 Å². The van der Waals surface area contributed by atoms with E-state index < -0.39 is 5.54 Å². The van der Waals surface area contributed by atoms with Crippen molar-refractivity contribution in [3.63, 3.8) is 0 Å². The molecule has 0 spiro atoms. The van der Waals surface area contributed by atoms with Crippen LogP contribution >= 0.6 is 0 Å². The second-order valence-corrected chi connectivity index (χ2v) is 9.98. The number of aliphatic imine (C=N–C) groups is 2. The first-order chi connectivity index (χ1) is 18.5. The number of aromatic amines is 1. The fourth-order valence-electron chi connectivity index (χ4n) is 5.01. The van der Waals surface area contributed by atoms with E-state index in [0.717, 1.165) is 34.9 Å². The predicted molar refractivity (Wildman–Crippen MR) is 143 cm³/mol. The zero-order valence-corrected chi connectivity index (χ0v) is 20.4. The normalized spacial score (nSPS) is 22.0. The van der Waals surface area contributed by atoms with Crippen molar-refractivity contribution < 1.29 is 9.18 Å². The Morgan fingerprint density at radius 2 is 2.03 bits per heavy atom.